The third-order valence-corrected chi connectivity index (χ3v) is 9.54. The number of rotatable bonds is 15. The van der Waals surface area contributed by atoms with Gasteiger partial charge in [-0.05, 0) is 54.5 Å². The number of aryl methyl sites for hydroxylation is 2. The minimum Gasteiger partial charge on any atom is -0.491 e. The smallest absolute Gasteiger partial charge is 0.305 e. The molecule has 2 aromatic carbocycles. The molecule has 1 saturated heterocycles. The number of thiazole rings is 1. The Kier molecular flexibility index (Phi) is 13.5. The number of hydrogen-bond acceptors (Lipinski definition) is 10. The van der Waals surface area contributed by atoms with E-state index in [1.54, 1.807) is 23.5 Å². The van der Waals surface area contributed by atoms with Crippen LogP contribution in [0.4, 0.5) is 0 Å². The molecule has 3 N–H and O–H groups in total. The molecule has 0 saturated carbocycles. The van der Waals surface area contributed by atoms with Gasteiger partial charge in [-0.1, -0.05) is 57.2 Å². The molecule has 1 aliphatic heterocycles. The van der Waals surface area contributed by atoms with Gasteiger partial charge in [0, 0.05) is 19.4 Å². The van der Waals surface area contributed by atoms with E-state index in [4.69, 9.17) is 9.47 Å². The molecule has 12 nitrogen and oxygen atoms in total. The van der Waals surface area contributed by atoms with E-state index in [9.17, 15) is 24.3 Å². The highest BCUT2D eigenvalue weighted by Crippen LogP contribution is 2.29. The van der Waals surface area contributed by atoms with E-state index in [1.807, 2.05) is 76.5 Å². The molecule has 0 bridgehead atoms. The standard InChI is InChI=1S/C37H48N4O8S/c1-23(26-10-12-27(13-11-26)33-24(2)38-22-50-33)39-35(45)30-19-28(42)20-41(30)36(46)34(37(3,4)5)40-31(43)21-48-17-18-49-29-14-7-25(8-15-29)9-16-32(44)47-6/h7-8,10-15,22-23,28,30,34,42H,9,16-21H2,1-6H3,(H,39,45)(H,40,43)/t23?,28-,30+,34?/m1/s1. The van der Waals surface area contributed by atoms with Crippen LogP contribution >= 0.6 is 11.3 Å². The van der Waals surface area contributed by atoms with Crippen LogP contribution in [-0.4, -0.2) is 90.3 Å². The zero-order valence-electron chi connectivity index (χ0n) is 29.6. The van der Waals surface area contributed by atoms with Crippen molar-refractivity contribution in [3.8, 4) is 16.2 Å². The summed E-state index contributed by atoms with van der Waals surface area (Å²) in [6.45, 7) is 9.35. The van der Waals surface area contributed by atoms with Gasteiger partial charge in [0.1, 0.15) is 31.0 Å². The second kappa shape index (κ2) is 17.6. The number of benzene rings is 2. The zero-order valence-corrected chi connectivity index (χ0v) is 30.4. The number of nitrogens with one attached hydrogen (secondary N) is 2. The van der Waals surface area contributed by atoms with Gasteiger partial charge in [0.15, 0.2) is 0 Å². The zero-order chi connectivity index (χ0) is 36.4. The molecule has 4 rings (SSSR count). The summed E-state index contributed by atoms with van der Waals surface area (Å²) < 4.78 is 15.9. The maximum atomic E-state index is 13.9. The Balaban J connectivity index is 1.27. The number of carbonyl (C=O) groups excluding carboxylic acids is 4. The second-order valence-electron chi connectivity index (χ2n) is 13.5. The van der Waals surface area contributed by atoms with Gasteiger partial charge in [0.05, 0.1) is 41.9 Å². The van der Waals surface area contributed by atoms with Gasteiger partial charge in [-0.25, -0.2) is 4.98 Å². The normalized spacial score (nSPS) is 17.1. The minimum atomic E-state index is -0.965. The van der Waals surface area contributed by atoms with Crippen LogP contribution in [0.15, 0.2) is 54.0 Å². The summed E-state index contributed by atoms with van der Waals surface area (Å²) in [5.41, 5.74) is 5.01. The number of methoxy groups -OCH3 is 1. The number of aromatic nitrogens is 1. The van der Waals surface area contributed by atoms with Gasteiger partial charge in [0.25, 0.3) is 0 Å². The monoisotopic (exact) mass is 708 g/mol. The maximum Gasteiger partial charge on any atom is 0.305 e. The lowest BCUT2D eigenvalue weighted by Crippen LogP contribution is -2.58. The van der Waals surface area contributed by atoms with E-state index in [0.717, 1.165) is 27.3 Å². The number of nitrogens with zero attached hydrogens (tertiary/aromatic N) is 2. The minimum absolute atomic E-state index is 0.0171. The molecule has 13 heteroatoms. The summed E-state index contributed by atoms with van der Waals surface area (Å²) in [5, 5.41) is 16.3. The lowest BCUT2D eigenvalue weighted by molar-refractivity contribution is -0.144. The van der Waals surface area contributed by atoms with Crippen LogP contribution in [0.25, 0.3) is 10.4 Å². The van der Waals surface area contributed by atoms with Crippen LogP contribution in [0.5, 0.6) is 5.75 Å². The van der Waals surface area contributed by atoms with Gasteiger partial charge < -0.3 is 34.9 Å². The SMILES string of the molecule is COC(=O)CCc1ccc(OCCOCC(=O)NC(C(=O)N2C[C@H](O)C[C@H]2C(=O)NC(C)c2ccc(-c3scnc3C)cc2)C(C)(C)C)cc1. The number of aliphatic hydroxyl groups is 1. The predicted octanol–water partition coefficient (Wildman–Crippen LogP) is 3.99. The average Bonchev–Trinajstić information content (AvgIpc) is 3.70. The highest BCUT2D eigenvalue weighted by atomic mass is 32.1. The highest BCUT2D eigenvalue weighted by molar-refractivity contribution is 7.13. The van der Waals surface area contributed by atoms with E-state index in [1.165, 1.54) is 12.0 Å². The van der Waals surface area contributed by atoms with E-state index in [0.29, 0.717) is 18.6 Å². The number of ether oxygens (including phenoxy) is 3. The van der Waals surface area contributed by atoms with Gasteiger partial charge in [-0.15, -0.1) is 11.3 Å². The first kappa shape index (κ1) is 38.5. The van der Waals surface area contributed by atoms with Crippen molar-refractivity contribution in [2.24, 2.45) is 5.41 Å². The van der Waals surface area contributed by atoms with Crippen LogP contribution in [0.1, 0.15) is 63.4 Å². The summed E-state index contributed by atoms with van der Waals surface area (Å²) in [6, 6.07) is 13.0. The molecule has 0 aliphatic carbocycles. The summed E-state index contributed by atoms with van der Waals surface area (Å²) >= 11 is 1.57. The van der Waals surface area contributed by atoms with Crippen LogP contribution in [0.3, 0.4) is 0 Å². The van der Waals surface area contributed by atoms with Gasteiger partial charge in [-0.2, -0.15) is 0 Å². The van der Waals surface area contributed by atoms with Crippen molar-refractivity contribution < 1.29 is 38.5 Å². The van der Waals surface area contributed by atoms with Crippen LogP contribution in [-0.2, 0) is 35.1 Å². The maximum absolute atomic E-state index is 13.9. The molecule has 2 unspecified atom stereocenters. The number of esters is 1. The lowest BCUT2D eigenvalue weighted by atomic mass is 9.85. The fraction of sp³-hybridized carbons (Fsp3) is 0.486. The third kappa shape index (κ3) is 10.6. The van der Waals surface area contributed by atoms with Gasteiger partial charge >= 0.3 is 5.97 Å². The second-order valence-corrected chi connectivity index (χ2v) is 14.4. The first-order chi connectivity index (χ1) is 23.8. The van der Waals surface area contributed by atoms with Crippen molar-refractivity contribution in [1.29, 1.82) is 0 Å². The fourth-order valence-corrected chi connectivity index (χ4v) is 6.51. The number of hydrogen-bond donors (Lipinski definition) is 3. The van der Waals surface area contributed by atoms with Crippen molar-refractivity contribution >= 4 is 35.0 Å². The molecular formula is C37H48N4O8S. The molecule has 1 aromatic heterocycles. The Bertz CT molecular complexity index is 1600. The third-order valence-electron chi connectivity index (χ3n) is 8.56. The Morgan fingerprint density at radius 3 is 2.36 bits per heavy atom. The van der Waals surface area contributed by atoms with Crippen molar-refractivity contribution in [3.63, 3.8) is 0 Å². The Morgan fingerprint density at radius 1 is 1.04 bits per heavy atom. The Hall–Kier alpha value is -4.33. The predicted molar refractivity (Wildman–Crippen MR) is 189 cm³/mol. The van der Waals surface area contributed by atoms with Crippen molar-refractivity contribution in [2.75, 3.05) is 33.5 Å². The number of aliphatic hydroxyl groups excluding tert-OH is 1. The topological polar surface area (TPSA) is 156 Å². The highest BCUT2D eigenvalue weighted by Gasteiger charge is 2.44. The molecule has 1 fully saturated rings. The molecule has 2 heterocycles. The lowest BCUT2D eigenvalue weighted by Gasteiger charge is -2.35. The quantitative estimate of drug-likeness (QED) is 0.157. The molecule has 3 aromatic rings. The average molecular weight is 709 g/mol. The number of carbonyl (C=O) groups is 4. The first-order valence-corrected chi connectivity index (χ1v) is 17.6. The molecule has 3 amide bonds. The molecule has 4 atom stereocenters. The number of β-amino-alcohol motifs (C(OH)–C–C–N with tert-alkyl or cyclic N) is 1. The molecule has 270 valence electrons. The van der Waals surface area contributed by atoms with Gasteiger partial charge in [-0.3, -0.25) is 19.2 Å². The van der Waals surface area contributed by atoms with Crippen molar-refractivity contribution in [1.82, 2.24) is 20.5 Å². The Labute approximate surface area is 297 Å². The first-order valence-electron chi connectivity index (χ1n) is 16.7. The summed E-state index contributed by atoms with van der Waals surface area (Å²) in [7, 11) is 1.36. The van der Waals surface area contributed by atoms with Crippen molar-refractivity contribution in [3.05, 3.63) is 70.9 Å². The van der Waals surface area contributed by atoms with Gasteiger partial charge in [0.2, 0.25) is 17.7 Å². The molecule has 0 spiro atoms. The fourth-order valence-electron chi connectivity index (χ4n) is 5.70. The summed E-state index contributed by atoms with van der Waals surface area (Å²) in [4.78, 5) is 58.4. The van der Waals surface area contributed by atoms with E-state index < -0.39 is 35.4 Å². The van der Waals surface area contributed by atoms with E-state index in [2.05, 4.69) is 20.4 Å². The summed E-state index contributed by atoms with van der Waals surface area (Å²) in [6.07, 6.45) is 0.0908. The van der Waals surface area contributed by atoms with Crippen molar-refractivity contribution in [2.45, 2.75) is 78.1 Å². The van der Waals surface area contributed by atoms with E-state index >= 15 is 0 Å². The summed E-state index contributed by atoms with van der Waals surface area (Å²) in [5.74, 6) is -0.947. The van der Waals surface area contributed by atoms with E-state index in [-0.39, 0.29) is 50.7 Å². The number of amides is 3. The molecule has 50 heavy (non-hydrogen) atoms. The Morgan fingerprint density at radius 2 is 1.74 bits per heavy atom. The van der Waals surface area contributed by atoms with Crippen LogP contribution in [0, 0.1) is 12.3 Å². The molecule has 1 aliphatic rings. The van der Waals surface area contributed by atoms with Crippen LogP contribution in [0.2, 0.25) is 0 Å². The largest absolute Gasteiger partial charge is 0.491 e. The van der Waals surface area contributed by atoms with Crippen LogP contribution < -0.4 is 15.4 Å². The molecular weight excluding hydrogens is 660 g/mol. The number of likely N-dealkylation sites (tertiary alicyclic amines) is 1. The molecule has 0 radical (unpaired) electrons.